The maximum atomic E-state index is 12.9. The number of rotatable bonds is 5. The van der Waals surface area contributed by atoms with Crippen molar-refractivity contribution in [3.8, 4) is 34.3 Å². The first kappa shape index (κ1) is 19.1. The van der Waals surface area contributed by atoms with Gasteiger partial charge in [-0.1, -0.05) is 42.0 Å². The molecule has 0 radical (unpaired) electrons. The summed E-state index contributed by atoms with van der Waals surface area (Å²) in [6.07, 6.45) is 0. The SMILES string of the molecule is CCOc1nc(-c2ccccc(NC)c2=O)cc(-c2ccc(C)cc2)c1C#N. The molecule has 0 unspecified atom stereocenters. The van der Waals surface area contributed by atoms with Gasteiger partial charge in [0, 0.05) is 18.2 Å². The van der Waals surface area contributed by atoms with Crippen LogP contribution in [-0.4, -0.2) is 18.6 Å². The molecule has 0 amide bonds. The second kappa shape index (κ2) is 8.36. The van der Waals surface area contributed by atoms with E-state index in [4.69, 9.17) is 4.74 Å². The summed E-state index contributed by atoms with van der Waals surface area (Å²) < 4.78 is 5.64. The fraction of sp³-hybridized carbons (Fsp3) is 0.174. The standard InChI is InChI=1S/C23H21N3O2/c1-4-28-23-19(14-24)18(16-11-9-15(2)10-12-16)13-21(26-23)17-7-5-6-8-20(25-3)22(17)27/h5-13H,4H2,1-3H3,(H,25,27). The zero-order chi connectivity index (χ0) is 20.1. The number of aromatic nitrogens is 1. The van der Waals surface area contributed by atoms with Gasteiger partial charge in [-0.25, -0.2) is 4.98 Å². The minimum atomic E-state index is -0.165. The van der Waals surface area contributed by atoms with Crippen molar-refractivity contribution in [2.24, 2.45) is 0 Å². The number of anilines is 1. The highest BCUT2D eigenvalue weighted by Gasteiger charge is 2.18. The Morgan fingerprint density at radius 3 is 2.46 bits per heavy atom. The maximum Gasteiger partial charge on any atom is 0.232 e. The Kier molecular flexibility index (Phi) is 5.71. The van der Waals surface area contributed by atoms with E-state index < -0.39 is 0 Å². The Balaban J connectivity index is 2.33. The minimum Gasteiger partial charge on any atom is -0.477 e. The highest BCUT2D eigenvalue weighted by Crippen LogP contribution is 2.33. The van der Waals surface area contributed by atoms with Crippen molar-refractivity contribution in [1.82, 2.24) is 4.98 Å². The summed E-state index contributed by atoms with van der Waals surface area (Å²) in [5.74, 6) is 0.231. The van der Waals surface area contributed by atoms with Gasteiger partial charge in [-0.2, -0.15) is 5.26 Å². The van der Waals surface area contributed by atoms with Crippen LogP contribution in [0.1, 0.15) is 18.1 Å². The van der Waals surface area contributed by atoms with Gasteiger partial charge in [-0.15, -0.1) is 0 Å². The molecule has 0 bridgehead atoms. The summed E-state index contributed by atoms with van der Waals surface area (Å²) in [6, 6.07) is 18.9. The molecule has 5 nitrogen and oxygen atoms in total. The maximum absolute atomic E-state index is 12.9. The molecule has 28 heavy (non-hydrogen) atoms. The van der Waals surface area contributed by atoms with Gasteiger partial charge < -0.3 is 10.1 Å². The molecule has 3 aromatic rings. The highest BCUT2D eigenvalue weighted by atomic mass is 16.5. The van der Waals surface area contributed by atoms with Gasteiger partial charge in [-0.05, 0) is 37.6 Å². The largest absolute Gasteiger partial charge is 0.477 e. The van der Waals surface area contributed by atoms with E-state index in [1.807, 2.05) is 38.1 Å². The topological polar surface area (TPSA) is 75.0 Å². The molecule has 0 aliphatic rings. The zero-order valence-electron chi connectivity index (χ0n) is 16.1. The predicted octanol–water partition coefficient (Wildman–Crippen LogP) is 4.40. The fourth-order valence-electron chi connectivity index (χ4n) is 2.97. The van der Waals surface area contributed by atoms with Gasteiger partial charge in [0.2, 0.25) is 11.3 Å². The number of nitrogens with zero attached hydrogens (tertiary/aromatic N) is 2. The monoisotopic (exact) mass is 371 g/mol. The third kappa shape index (κ3) is 3.72. The normalized spacial score (nSPS) is 10.2. The first-order chi connectivity index (χ1) is 13.6. The van der Waals surface area contributed by atoms with Crippen LogP contribution >= 0.6 is 0 Å². The van der Waals surface area contributed by atoms with Gasteiger partial charge in [-0.3, -0.25) is 4.79 Å². The van der Waals surface area contributed by atoms with Crippen molar-refractivity contribution in [3.63, 3.8) is 0 Å². The smallest absolute Gasteiger partial charge is 0.232 e. The molecule has 1 aromatic heterocycles. The molecule has 0 saturated heterocycles. The van der Waals surface area contributed by atoms with Crippen molar-refractivity contribution >= 4 is 5.69 Å². The van der Waals surface area contributed by atoms with Crippen LogP contribution in [0.15, 0.2) is 59.4 Å². The summed E-state index contributed by atoms with van der Waals surface area (Å²) in [7, 11) is 1.70. The summed E-state index contributed by atoms with van der Waals surface area (Å²) in [4.78, 5) is 17.4. The van der Waals surface area contributed by atoms with Crippen molar-refractivity contribution in [2.75, 3.05) is 19.0 Å². The lowest BCUT2D eigenvalue weighted by Gasteiger charge is -2.12. The van der Waals surface area contributed by atoms with Crippen molar-refractivity contribution < 1.29 is 4.74 Å². The average Bonchev–Trinajstić information content (AvgIpc) is 2.89. The highest BCUT2D eigenvalue weighted by molar-refractivity contribution is 5.78. The molecule has 0 fully saturated rings. The van der Waals surface area contributed by atoms with E-state index in [-0.39, 0.29) is 11.3 Å². The molecule has 0 spiro atoms. The third-order valence-electron chi connectivity index (χ3n) is 4.41. The van der Waals surface area contributed by atoms with Crippen LogP contribution < -0.4 is 15.5 Å². The lowest BCUT2D eigenvalue weighted by molar-refractivity contribution is 0.326. The molecule has 3 rings (SSSR count). The lowest BCUT2D eigenvalue weighted by atomic mass is 9.98. The van der Waals surface area contributed by atoms with E-state index in [1.165, 1.54) is 0 Å². The number of benzene rings is 1. The van der Waals surface area contributed by atoms with Crippen LogP contribution in [-0.2, 0) is 0 Å². The van der Waals surface area contributed by atoms with Crippen LogP contribution in [0.2, 0.25) is 0 Å². The van der Waals surface area contributed by atoms with Gasteiger partial charge in [0.25, 0.3) is 0 Å². The molecule has 0 saturated carbocycles. The first-order valence-electron chi connectivity index (χ1n) is 9.05. The number of hydrogen-bond donors (Lipinski definition) is 1. The van der Waals surface area contributed by atoms with Gasteiger partial charge in [0.05, 0.1) is 18.0 Å². The van der Waals surface area contributed by atoms with Crippen molar-refractivity contribution in [2.45, 2.75) is 13.8 Å². The Morgan fingerprint density at radius 1 is 1.11 bits per heavy atom. The van der Waals surface area contributed by atoms with Gasteiger partial charge in [0.15, 0.2) is 0 Å². The van der Waals surface area contributed by atoms with Crippen molar-refractivity contribution in [1.29, 1.82) is 5.26 Å². The van der Waals surface area contributed by atoms with Crippen LogP contribution in [0.4, 0.5) is 5.69 Å². The number of nitriles is 1. The molecule has 2 aromatic carbocycles. The number of aryl methyl sites for hydroxylation is 1. The van der Waals surface area contributed by atoms with Crippen LogP contribution in [0.25, 0.3) is 22.4 Å². The quantitative estimate of drug-likeness (QED) is 0.720. The summed E-state index contributed by atoms with van der Waals surface area (Å²) >= 11 is 0. The number of pyridine rings is 1. The zero-order valence-corrected chi connectivity index (χ0v) is 16.1. The molecular formula is C23H21N3O2. The molecule has 5 heteroatoms. The van der Waals surface area contributed by atoms with E-state index in [9.17, 15) is 10.1 Å². The van der Waals surface area contributed by atoms with E-state index >= 15 is 0 Å². The molecule has 1 N–H and O–H groups in total. The fourth-order valence-corrected chi connectivity index (χ4v) is 2.97. The Labute approximate surface area is 164 Å². The summed E-state index contributed by atoms with van der Waals surface area (Å²) in [5, 5.41) is 12.7. The van der Waals surface area contributed by atoms with Gasteiger partial charge >= 0.3 is 0 Å². The van der Waals surface area contributed by atoms with Gasteiger partial charge in [0.1, 0.15) is 11.6 Å². The Hall–Kier alpha value is -3.65. The number of hydrogen-bond acceptors (Lipinski definition) is 5. The third-order valence-corrected chi connectivity index (χ3v) is 4.41. The van der Waals surface area contributed by atoms with Crippen LogP contribution in [0.5, 0.6) is 5.88 Å². The Morgan fingerprint density at radius 2 is 1.82 bits per heavy atom. The summed E-state index contributed by atoms with van der Waals surface area (Å²) in [5.41, 5.74) is 4.25. The molecular weight excluding hydrogens is 350 g/mol. The second-order valence-corrected chi connectivity index (χ2v) is 6.27. The van der Waals surface area contributed by atoms with Crippen LogP contribution in [0, 0.1) is 18.3 Å². The number of ether oxygens (including phenoxy) is 1. The molecule has 0 atom stereocenters. The average molecular weight is 371 g/mol. The molecule has 0 aliphatic carbocycles. The second-order valence-electron chi connectivity index (χ2n) is 6.27. The Bertz CT molecular complexity index is 1100. The van der Waals surface area contributed by atoms with E-state index in [2.05, 4.69) is 16.4 Å². The van der Waals surface area contributed by atoms with Crippen LogP contribution in [0.3, 0.4) is 0 Å². The number of nitrogens with one attached hydrogen (secondary N) is 1. The molecule has 0 aliphatic heterocycles. The molecule has 1 heterocycles. The van der Waals surface area contributed by atoms with E-state index in [0.29, 0.717) is 34.7 Å². The van der Waals surface area contributed by atoms with E-state index in [1.54, 1.807) is 37.4 Å². The minimum absolute atomic E-state index is 0.165. The summed E-state index contributed by atoms with van der Waals surface area (Å²) in [6.45, 7) is 4.21. The molecule has 140 valence electrons. The lowest BCUT2D eigenvalue weighted by Crippen LogP contribution is -2.09. The van der Waals surface area contributed by atoms with Crippen molar-refractivity contribution in [3.05, 3.63) is 75.9 Å². The first-order valence-corrected chi connectivity index (χ1v) is 9.05. The van der Waals surface area contributed by atoms with E-state index in [0.717, 1.165) is 11.1 Å². The predicted molar refractivity (Wildman–Crippen MR) is 112 cm³/mol.